The van der Waals surface area contributed by atoms with Crippen molar-refractivity contribution in [2.24, 2.45) is 0 Å². The van der Waals surface area contributed by atoms with Crippen molar-refractivity contribution in [1.82, 2.24) is 9.97 Å². The molecule has 3 rings (SSSR count). The maximum Gasteiger partial charge on any atom is 0.234 e. The first-order valence-corrected chi connectivity index (χ1v) is 8.16. The third kappa shape index (κ3) is 4.00. The van der Waals surface area contributed by atoms with Gasteiger partial charge in [0.1, 0.15) is 11.9 Å². The molecule has 24 heavy (non-hydrogen) atoms. The van der Waals surface area contributed by atoms with Crippen LogP contribution in [0.3, 0.4) is 0 Å². The van der Waals surface area contributed by atoms with E-state index in [-0.39, 0.29) is 24.1 Å². The van der Waals surface area contributed by atoms with Crippen LogP contribution in [0.25, 0.3) is 0 Å². The Bertz CT molecular complexity index is 678. The molecule has 5 nitrogen and oxygen atoms in total. The number of nitrogens with zero attached hydrogens (tertiary/aromatic N) is 3. The third-order valence-corrected chi connectivity index (χ3v) is 3.78. The van der Waals surface area contributed by atoms with Crippen molar-refractivity contribution in [1.29, 1.82) is 0 Å². The fourth-order valence-electron chi connectivity index (χ4n) is 2.79. The molecule has 128 valence electrons. The van der Waals surface area contributed by atoms with Gasteiger partial charge in [-0.2, -0.15) is 4.98 Å². The molecule has 2 unspecified atom stereocenters. The summed E-state index contributed by atoms with van der Waals surface area (Å²) in [5.74, 6) is 1.03. The quantitative estimate of drug-likeness (QED) is 0.860. The van der Waals surface area contributed by atoms with E-state index in [0.29, 0.717) is 12.4 Å². The van der Waals surface area contributed by atoms with Crippen molar-refractivity contribution in [2.75, 3.05) is 18.0 Å². The van der Waals surface area contributed by atoms with Crippen LogP contribution in [-0.4, -0.2) is 35.3 Å². The molecule has 0 spiro atoms. The highest BCUT2D eigenvalue weighted by Gasteiger charge is 2.27. The number of benzene rings is 1. The van der Waals surface area contributed by atoms with Crippen molar-refractivity contribution >= 4 is 5.82 Å². The summed E-state index contributed by atoms with van der Waals surface area (Å²) in [6.45, 7) is 7.28. The van der Waals surface area contributed by atoms with Gasteiger partial charge in [-0.05, 0) is 38.5 Å². The van der Waals surface area contributed by atoms with Crippen LogP contribution in [0, 0.1) is 5.82 Å². The van der Waals surface area contributed by atoms with E-state index < -0.39 is 0 Å². The number of anilines is 1. The molecule has 2 aromatic rings. The van der Waals surface area contributed by atoms with Gasteiger partial charge in [0.15, 0.2) is 5.82 Å². The molecule has 1 saturated heterocycles. The largest absolute Gasteiger partial charge is 0.474 e. The van der Waals surface area contributed by atoms with E-state index in [2.05, 4.69) is 14.9 Å². The minimum atomic E-state index is -0.246. The Balaban J connectivity index is 1.79. The standard InChI is InChI=1S/C18H22FN3O2/c1-12(2)23-18-9-20-8-17(21-18)22-10-13(3)24-16(11-22)14-4-6-15(19)7-5-14/h4-9,12-13,16H,10-11H2,1-3H3. The van der Waals surface area contributed by atoms with Crippen LogP contribution in [0.5, 0.6) is 5.88 Å². The van der Waals surface area contributed by atoms with Gasteiger partial charge in [-0.1, -0.05) is 12.1 Å². The number of hydrogen-bond donors (Lipinski definition) is 0. The topological polar surface area (TPSA) is 47.5 Å². The molecule has 2 heterocycles. The summed E-state index contributed by atoms with van der Waals surface area (Å²) in [4.78, 5) is 10.9. The molecule has 2 atom stereocenters. The predicted octanol–water partition coefficient (Wildman–Crippen LogP) is 3.37. The molecule has 1 aliphatic rings. The van der Waals surface area contributed by atoms with Gasteiger partial charge in [-0.15, -0.1) is 0 Å². The number of ether oxygens (including phenoxy) is 2. The van der Waals surface area contributed by atoms with Gasteiger partial charge >= 0.3 is 0 Å². The van der Waals surface area contributed by atoms with Crippen molar-refractivity contribution in [3.8, 4) is 5.88 Å². The predicted molar refractivity (Wildman–Crippen MR) is 89.7 cm³/mol. The number of halogens is 1. The molecular weight excluding hydrogens is 309 g/mol. The zero-order valence-corrected chi connectivity index (χ0v) is 14.1. The fraction of sp³-hybridized carbons (Fsp3) is 0.444. The van der Waals surface area contributed by atoms with Gasteiger partial charge in [0.25, 0.3) is 0 Å². The smallest absolute Gasteiger partial charge is 0.234 e. The first-order chi connectivity index (χ1) is 11.5. The summed E-state index contributed by atoms with van der Waals surface area (Å²) in [6.07, 6.45) is 3.29. The van der Waals surface area contributed by atoms with Crippen LogP contribution in [0.4, 0.5) is 10.2 Å². The Morgan fingerprint density at radius 3 is 2.67 bits per heavy atom. The highest BCUT2D eigenvalue weighted by Crippen LogP contribution is 2.28. The second-order valence-corrected chi connectivity index (χ2v) is 6.27. The Kier molecular flexibility index (Phi) is 4.94. The Morgan fingerprint density at radius 2 is 1.96 bits per heavy atom. The number of aromatic nitrogens is 2. The number of morpholine rings is 1. The normalized spacial score (nSPS) is 21.1. The summed E-state index contributed by atoms with van der Waals surface area (Å²) in [6, 6.07) is 6.44. The van der Waals surface area contributed by atoms with Crippen LogP contribution >= 0.6 is 0 Å². The van der Waals surface area contributed by atoms with E-state index in [1.807, 2.05) is 20.8 Å². The van der Waals surface area contributed by atoms with Gasteiger partial charge < -0.3 is 14.4 Å². The Hall–Kier alpha value is -2.21. The lowest BCUT2D eigenvalue weighted by atomic mass is 10.1. The second-order valence-electron chi connectivity index (χ2n) is 6.27. The lowest BCUT2D eigenvalue weighted by Gasteiger charge is -2.37. The average Bonchev–Trinajstić information content (AvgIpc) is 2.54. The first kappa shape index (κ1) is 16.6. The van der Waals surface area contributed by atoms with Crippen LogP contribution in [0.2, 0.25) is 0 Å². The molecule has 1 fully saturated rings. The maximum atomic E-state index is 13.1. The van der Waals surface area contributed by atoms with E-state index >= 15 is 0 Å². The molecule has 0 saturated carbocycles. The van der Waals surface area contributed by atoms with Gasteiger partial charge in [0.2, 0.25) is 5.88 Å². The number of hydrogen-bond acceptors (Lipinski definition) is 5. The van der Waals surface area contributed by atoms with Gasteiger partial charge in [0, 0.05) is 13.1 Å². The SMILES string of the molecule is CC(C)Oc1cncc(N2CC(C)OC(c3ccc(F)cc3)C2)n1. The highest BCUT2D eigenvalue weighted by atomic mass is 19.1. The van der Waals surface area contributed by atoms with Gasteiger partial charge in [-0.3, -0.25) is 4.98 Å². The Labute approximate surface area is 141 Å². The summed E-state index contributed by atoms with van der Waals surface area (Å²) >= 11 is 0. The van der Waals surface area contributed by atoms with E-state index in [1.54, 1.807) is 24.5 Å². The Morgan fingerprint density at radius 1 is 1.21 bits per heavy atom. The zero-order chi connectivity index (χ0) is 17.1. The molecule has 0 N–H and O–H groups in total. The zero-order valence-electron chi connectivity index (χ0n) is 14.1. The lowest BCUT2D eigenvalue weighted by molar-refractivity contribution is -0.0177. The van der Waals surface area contributed by atoms with Crippen molar-refractivity contribution in [2.45, 2.75) is 39.1 Å². The van der Waals surface area contributed by atoms with E-state index in [1.165, 1.54) is 12.1 Å². The second kappa shape index (κ2) is 7.13. The van der Waals surface area contributed by atoms with E-state index in [0.717, 1.165) is 17.9 Å². The molecule has 0 amide bonds. The van der Waals surface area contributed by atoms with Crippen LogP contribution in [0.15, 0.2) is 36.7 Å². The van der Waals surface area contributed by atoms with Crippen molar-refractivity contribution < 1.29 is 13.9 Å². The monoisotopic (exact) mass is 331 g/mol. The minimum absolute atomic E-state index is 0.0327. The molecule has 0 bridgehead atoms. The van der Waals surface area contributed by atoms with Crippen LogP contribution < -0.4 is 9.64 Å². The van der Waals surface area contributed by atoms with Gasteiger partial charge in [-0.25, -0.2) is 4.39 Å². The van der Waals surface area contributed by atoms with E-state index in [4.69, 9.17) is 9.47 Å². The minimum Gasteiger partial charge on any atom is -0.474 e. The summed E-state index contributed by atoms with van der Waals surface area (Å²) in [7, 11) is 0. The molecule has 0 radical (unpaired) electrons. The molecule has 1 aromatic carbocycles. The fourth-order valence-corrected chi connectivity index (χ4v) is 2.79. The maximum absolute atomic E-state index is 13.1. The molecule has 6 heteroatoms. The average molecular weight is 331 g/mol. The molecule has 1 aromatic heterocycles. The van der Waals surface area contributed by atoms with E-state index in [9.17, 15) is 4.39 Å². The van der Waals surface area contributed by atoms with Crippen molar-refractivity contribution in [3.63, 3.8) is 0 Å². The van der Waals surface area contributed by atoms with Crippen molar-refractivity contribution in [3.05, 3.63) is 48.0 Å². The summed E-state index contributed by atoms with van der Waals surface area (Å²) in [5, 5.41) is 0. The highest BCUT2D eigenvalue weighted by molar-refractivity contribution is 5.39. The molecule has 1 aliphatic heterocycles. The molecule has 0 aliphatic carbocycles. The lowest BCUT2D eigenvalue weighted by Crippen LogP contribution is -2.43. The third-order valence-electron chi connectivity index (χ3n) is 3.78. The molecular formula is C18H22FN3O2. The van der Waals surface area contributed by atoms with Crippen LogP contribution in [-0.2, 0) is 4.74 Å². The van der Waals surface area contributed by atoms with Crippen LogP contribution in [0.1, 0.15) is 32.4 Å². The summed E-state index contributed by atoms with van der Waals surface area (Å²) < 4.78 is 24.8. The summed E-state index contributed by atoms with van der Waals surface area (Å²) in [5.41, 5.74) is 0.954. The van der Waals surface area contributed by atoms with Gasteiger partial charge in [0.05, 0.1) is 24.6 Å². The first-order valence-electron chi connectivity index (χ1n) is 8.16. The number of rotatable bonds is 4.